The fraction of sp³-hybridized carbons (Fsp3) is 0.364. The number of alkyl halides is 6. The average Bonchev–Trinajstić information content (AvgIpc) is 2.26. The predicted octanol–water partition coefficient (Wildman–Crippen LogP) is 3.55. The summed E-state index contributed by atoms with van der Waals surface area (Å²) in [4.78, 5) is -0.829. The number of thiocarbonyl (C=S) groups is 1. The molecular formula is C11H9F6NOS. The summed E-state index contributed by atoms with van der Waals surface area (Å²) in [5.74, 6) is -2.56. The molecular weight excluding hydrogens is 308 g/mol. The Morgan fingerprint density at radius 1 is 1.20 bits per heavy atom. The van der Waals surface area contributed by atoms with E-state index in [1.807, 2.05) is 0 Å². The number of ether oxygens (including phenoxy) is 1. The molecule has 0 aliphatic carbocycles. The molecule has 0 aliphatic heterocycles. The van der Waals surface area contributed by atoms with E-state index in [-0.39, 0.29) is 5.75 Å². The second-order valence-corrected chi connectivity index (χ2v) is 4.30. The molecule has 0 saturated carbocycles. The minimum Gasteiger partial charge on any atom is -0.492 e. The van der Waals surface area contributed by atoms with Crippen molar-refractivity contribution in [3.8, 4) is 5.75 Å². The number of benzene rings is 1. The third-order valence-corrected chi connectivity index (χ3v) is 2.60. The maximum atomic E-state index is 12.5. The highest BCUT2D eigenvalue weighted by atomic mass is 32.1. The zero-order chi connectivity index (χ0) is 15.6. The smallest absolute Gasteiger partial charge is 0.416 e. The summed E-state index contributed by atoms with van der Waals surface area (Å²) in [7, 11) is 0. The van der Waals surface area contributed by atoms with Crippen LogP contribution in [0.1, 0.15) is 5.56 Å². The van der Waals surface area contributed by atoms with Crippen LogP contribution in [0, 0.1) is 5.92 Å². The summed E-state index contributed by atoms with van der Waals surface area (Å²) < 4.78 is 79.5. The Hall–Kier alpha value is -1.51. The molecule has 1 aromatic carbocycles. The minimum absolute atomic E-state index is 0.342. The van der Waals surface area contributed by atoms with Crippen molar-refractivity contribution >= 4 is 17.2 Å². The number of nitrogens with two attached hydrogens (primary N) is 1. The highest BCUT2D eigenvalue weighted by Gasteiger charge is 2.42. The van der Waals surface area contributed by atoms with Gasteiger partial charge in [0.1, 0.15) is 18.3 Å². The van der Waals surface area contributed by atoms with Gasteiger partial charge in [0.25, 0.3) is 0 Å². The molecule has 1 aromatic rings. The lowest BCUT2D eigenvalue weighted by Crippen LogP contribution is -2.38. The number of halogens is 6. The third kappa shape index (κ3) is 4.55. The zero-order valence-corrected chi connectivity index (χ0v) is 10.6. The molecule has 0 radical (unpaired) electrons. The predicted molar refractivity (Wildman–Crippen MR) is 63.3 cm³/mol. The molecule has 0 aliphatic rings. The average molecular weight is 317 g/mol. The molecule has 1 atom stereocenters. The maximum Gasteiger partial charge on any atom is 0.416 e. The van der Waals surface area contributed by atoms with Crippen LogP contribution in [0.15, 0.2) is 24.3 Å². The Bertz CT molecular complexity index is 485. The first kappa shape index (κ1) is 16.5. The number of rotatable bonds is 4. The van der Waals surface area contributed by atoms with Crippen LogP contribution < -0.4 is 10.5 Å². The molecule has 1 rings (SSSR count). The quantitative estimate of drug-likeness (QED) is 0.681. The van der Waals surface area contributed by atoms with E-state index in [0.29, 0.717) is 6.07 Å². The van der Waals surface area contributed by atoms with Gasteiger partial charge < -0.3 is 10.5 Å². The molecule has 0 aromatic heterocycles. The van der Waals surface area contributed by atoms with Crippen molar-refractivity contribution in [1.29, 1.82) is 0 Å². The van der Waals surface area contributed by atoms with E-state index in [1.54, 1.807) is 0 Å². The van der Waals surface area contributed by atoms with E-state index in [0.717, 1.165) is 18.2 Å². The second kappa shape index (κ2) is 5.86. The lowest BCUT2D eigenvalue weighted by molar-refractivity contribution is -0.161. The van der Waals surface area contributed by atoms with Gasteiger partial charge in [-0.3, -0.25) is 0 Å². The molecule has 0 saturated heterocycles. The lowest BCUT2D eigenvalue weighted by Gasteiger charge is -2.19. The molecule has 0 fully saturated rings. The van der Waals surface area contributed by atoms with Gasteiger partial charge in [0.2, 0.25) is 0 Å². The van der Waals surface area contributed by atoms with Crippen molar-refractivity contribution in [2.75, 3.05) is 6.61 Å². The van der Waals surface area contributed by atoms with Gasteiger partial charge in [0, 0.05) is 0 Å². The van der Waals surface area contributed by atoms with Gasteiger partial charge in [-0.05, 0) is 18.2 Å². The van der Waals surface area contributed by atoms with Gasteiger partial charge in [-0.25, -0.2) is 0 Å². The molecule has 0 heterocycles. The molecule has 9 heteroatoms. The minimum atomic E-state index is -4.71. The fourth-order valence-electron chi connectivity index (χ4n) is 1.28. The van der Waals surface area contributed by atoms with Crippen molar-refractivity contribution < 1.29 is 31.1 Å². The molecule has 112 valence electrons. The normalized spacial score (nSPS) is 13.9. The summed E-state index contributed by atoms with van der Waals surface area (Å²) in [5.41, 5.74) is 3.92. The number of hydrogen-bond acceptors (Lipinski definition) is 2. The first-order chi connectivity index (χ1) is 9.01. The van der Waals surface area contributed by atoms with E-state index in [4.69, 9.17) is 10.5 Å². The van der Waals surface area contributed by atoms with Crippen molar-refractivity contribution in [2.24, 2.45) is 11.7 Å². The van der Waals surface area contributed by atoms with Crippen LogP contribution >= 0.6 is 12.2 Å². The highest BCUT2D eigenvalue weighted by Crippen LogP contribution is 2.32. The SMILES string of the molecule is NC(=S)C(COc1cccc(C(F)(F)F)c1)C(F)(F)F. The van der Waals surface area contributed by atoms with Crippen LogP contribution in [0.5, 0.6) is 5.75 Å². The Morgan fingerprint density at radius 2 is 1.80 bits per heavy atom. The van der Waals surface area contributed by atoms with Crippen molar-refractivity contribution in [2.45, 2.75) is 12.4 Å². The maximum absolute atomic E-state index is 12.5. The summed E-state index contributed by atoms with van der Waals surface area (Å²) in [6, 6.07) is 3.53. The van der Waals surface area contributed by atoms with Crippen LogP contribution in [-0.4, -0.2) is 17.8 Å². The van der Waals surface area contributed by atoms with Gasteiger partial charge in [0.05, 0.1) is 10.6 Å². The van der Waals surface area contributed by atoms with E-state index < -0.39 is 35.4 Å². The molecule has 0 bridgehead atoms. The van der Waals surface area contributed by atoms with Crippen LogP contribution in [0.2, 0.25) is 0 Å². The van der Waals surface area contributed by atoms with E-state index in [9.17, 15) is 26.3 Å². The summed E-state index contributed by atoms with van der Waals surface area (Å²) in [6.45, 7) is -0.972. The van der Waals surface area contributed by atoms with Gasteiger partial charge in [-0.2, -0.15) is 26.3 Å². The topological polar surface area (TPSA) is 35.2 Å². The Labute approximate surface area is 115 Å². The number of hydrogen-bond donors (Lipinski definition) is 1. The van der Waals surface area contributed by atoms with Crippen LogP contribution in [0.25, 0.3) is 0 Å². The summed E-state index contributed by atoms with van der Waals surface area (Å²) >= 11 is 4.26. The Morgan fingerprint density at radius 3 is 2.25 bits per heavy atom. The molecule has 2 N–H and O–H groups in total. The molecule has 1 unspecified atom stereocenters. The summed E-state index contributed by atoms with van der Waals surface area (Å²) in [6.07, 6.45) is -9.32. The molecule has 0 spiro atoms. The molecule has 0 amide bonds. The highest BCUT2D eigenvalue weighted by molar-refractivity contribution is 7.80. The first-order valence-corrected chi connectivity index (χ1v) is 5.58. The van der Waals surface area contributed by atoms with E-state index >= 15 is 0 Å². The van der Waals surface area contributed by atoms with Gasteiger partial charge in [-0.15, -0.1) is 0 Å². The Kier molecular flexibility index (Phi) is 4.85. The molecule has 2 nitrogen and oxygen atoms in total. The Balaban J connectivity index is 2.82. The lowest BCUT2D eigenvalue weighted by atomic mass is 10.1. The first-order valence-electron chi connectivity index (χ1n) is 5.18. The molecule has 20 heavy (non-hydrogen) atoms. The third-order valence-electron chi connectivity index (χ3n) is 2.32. The van der Waals surface area contributed by atoms with Crippen molar-refractivity contribution in [1.82, 2.24) is 0 Å². The second-order valence-electron chi connectivity index (χ2n) is 3.83. The monoisotopic (exact) mass is 317 g/mol. The van der Waals surface area contributed by atoms with Crippen LogP contribution in [0.4, 0.5) is 26.3 Å². The van der Waals surface area contributed by atoms with Crippen molar-refractivity contribution in [3.63, 3.8) is 0 Å². The largest absolute Gasteiger partial charge is 0.492 e. The standard InChI is InChI=1S/C11H9F6NOS/c12-10(13,14)6-2-1-3-7(4-6)19-5-8(9(18)20)11(15,16)17/h1-4,8H,5H2,(H2,18,20). The van der Waals surface area contributed by atoms with Crippen molar-refractivity contribution in [3.05, 3.63) is 29.8 Å². The van der Waals surface area contributed by atoms with E-state index in [1.165, 1.54) is 0 Å². The fourth-order valence-corrected chi connectivity index (χ4v) is 1.48. The van der Waals surface area contributed by atoms with Gasteiger partial charge >= 0.3 is 12.4 Å². The van der Waals surface area contributed by atoms with Gasteiger partial charge in [0.15, 0.2) is 0 Å². The van der Waals surface area contributed by atoms with Crippen LogP contribution in [0.3, 0.4) is 0 Å². The van der Waals surface area contributed by atoms with E-state index in [2.05, 4.69) is 12.2 Å². The van der Waals surface area contributed by atoms with Crippen LogP contribution in [-0.2, 0) is 6.18 Å². The van der Waals surface area contributed by atoms with Gasteiger partial charge in [-0.1, -0.05) is 18.3 Å². The zero-order valence-electron chi connectivity index (χ0n) is 9.76. The summed E-state index contributed by atoms with van der Waals surface area (Å²) in [5, 5.41) is 0.